The van der Waals surface area contributed by atoms with Gasteiger partial charge < -0.3 is 10.6 Å². The standard InChI is InChI=1S/C20H22N4/c1-3-15(2)21-20-23-18(16-10-6-4-7-11-16)14-19(24-20)22-17-12-8-5-9-13-17/h4-15H,3H2,1-2H3,(H2,21,22,23,24). The maximum Gasteiger partial charge on any atom is 0.225 e. The van der Waals surface area contributed by atoms with Crippen molar-refractivity contribution in [2.45, 2.75) is 26.3 Å². The van der Waals surface area contributed by atoms with E-state index in [-0.39, 0.29) is 0 Å². The van der Waals surface area contributed by atoms with Crippen molar-refractivity contribution in [2.75, 3.05) is 10.6 Å². The Bertz CT molecular complexity index is 772. The Hall–Kier alpha value is -2.88. The first-order valence-corrected chi connectivity index (χ1v) is 8.27. The normalized spacial score (nSPS) is 11.8. The lowest BCUT2D eigenvalue weighted by atomic mass is 10.1. The first-order chi connectivity index (χ1) is 11.7. The minimum Gasteiger partial charge on any atom is -0.352 e. The maximum absolute atomic E-state index is 4.67. The van der Waals surface area contributed by atoms with E-state index in [1.807, 2.05) is 54.6 Å². The predicted molar refractivity (Wildman–Crippen MR) is 101 cm³/mol. The number of hydrogen-bond acceptors (Lipinski definition) is 4. The monoisotopic (exact) mass is 318 g/mol. The van der Waals surface area contributed by atoms with E-state index in [0.717, 1.165) is 29.2 Å². The molecule has 3 rings (SSSR count). The minimum atomic E-state index is 0.320. The van der Waals surface area contributed by atoms with Crippen LogP contribution in [0.2, 0.25) is 0 Å². The molecular formula is C20H22N4. The molecule has 0 aliphatic heterocycles. The van der Waals surface area contributed by atoms with Gasteiger partial charge in [-0.1, -0.05) is 55.5 Å². The van der Waals surface area contributed by atoms with E-state index in [4.69, 9.17) is 0 Å². The zero-order valence-corrected chi connectivity index (χ0v) is 14.0. The molecule has 24 heavy (non-hydrogen) atoms. The molecule has 1 atom stereocenters. The van der Waals surface area contributed by atoms with Crippen molar-refractivity contribution >= 4 is 17.5 Å². The fraction of sp³-hybridized carbons (Fsp3) is 0.200. The Kier molecular flexibility index (Phi) is 5.06. The Morgan fingerprint density at radius 1 is 0.917 bits per heavy atom. The van der Waals surface area contributed by atoms with Gasteiger partial charge in [0.25, 0.3) is 0 Å². The largest absolute Gasteiger partial charge is 0.352 e. The summed E-state index contributed by atoms with van der Waals surface area (Å²) in [6, 6.07) is 22.5. The molecule has 0 aliphatic rings. The summed E-state index contributed by atoms with van der Waals surface area (Å²) in [4.78, 5) is 9.28. The summed E-state index contributed by atoms with van der Waals surface area (Å²) in [7, 11) is 0. The van der Waals surface area contributed by atoms with Crippen molar-refractivity contribution in [2.24, 2.45) is 0 Å². The van der Waals surface area contributed by atoms with E-state index in [0.29, 0.717) is 12.0 Å². The van der Waals surface area contributed by atoms with Gasteiger partial charge in [-0.15, -0.1) is 0 Å². The number of nitrogens with one attached hydrogen (secondary N) is 2. The number of rotatable bonds is 6. The molecule has 2 aromatic carbocycles. The lowest BCUT2D eigenvalue weighted by Gasteiger charge is -2.14. The molecule has 1 heterocycles. The molecule has 0 bridgehead atoms. The topological polar surface area (TPSA) is 49.8 Å². The first kappa shape index (κ1) is 16.0. The molecule has 0 radical (unpaired) electrons. The highest BCUT2D eigenvalue weighted by Crippen LogP contribution is 2.23. The van der Waals surface area contributed by atoms with Gasteiger partial charge in [0.1, 0.15) is 5.82 Å². The van der Waals surface area contributed by atoms with Crippen molar-refractivity contribution in [1.29, 1.82) is 0 Å². The molecule has 0 saturated carbocycles. The van der Waals surface area contributed by atoms with Gasteiger partial charge in [0.15, 0.2) is 0 Å². The summed E-state index contributed by atoms with van der Waals surface area (Å²) < 4.78 is 0. The molecule has 0 amide bonds. The number of nitrogens with zero attached hydrogens (tertiary/aromatic N) is 2. The zero-order valence-electron chi connectivity index (χ0n) is 14.0. The summed E-state index contributed by atoms with van der Waals surface area (Å²) in [6.07, 6.45) is 1.01. The third-order valence-electron chi connectivity index (χ3n) is 3.83. The van der Waals surface area contributed by atoms with Crippen LogP contribution in [-0.4, -0.2) is 16.0 Å². The van der Waals surface area contributed by atoms with Gasteiger partial charge in [-0.2, -0.15) is 4.98 Å². The van der Waals surface area contributed by atoms with Crippen LogP contribution in [-0.2, 0) is 0 Å². The second-order valence-corrected chi connectivity index (χ2v) is 5.77. The van der Waals surface area contributed by atoms with Crippen LogP contribution in [0.15, 0.2) is 66.7 Å². The Morgan fingerprint density at radius 3 is 2.25 bits per heavy atom. The summed E-state index contributed by atoms with van der Waals surface area (Å²) in [5.41, 5.74) is 2.97. The molecule has 0 spiro atoms. The maximum atomic E-state index is 4.67. The molecule has 0 fully saturated rings. The van der Waals surface area contributed by atoms with E-state index in [2.05, 4.69) is 46.6 Å². The average molecular weight is 318 g/mol. The molecule has 4 nitrogen and oxygen atoms in total. The molecule has 1 unspecified atom stereocenters. The number of aromatic nitrogens is 2. The predicted octanol–water partition coefficient (Wildman–Crippen LogP) is 5.10. The zero-order chi connectivity index (χ0) is 16.8. The highest BCUT2D eigenvalue weighted by Gasteiger charge is 2.09. The van der Waals surface area contributed by atoms with Crippen LogP contribution in [0.5, 0.6) is 0 Å². The van der Waals surface area contributed by atoms with Gasteiger partial charge in [-0.05, 0) is 25.5 Å². The van der Waals surface area contributed by atoms with Crippen molar-refractivity contribution < 1.29 is 0 Å². The van der Waals surface area contributed by atoms with Crippen LogP contribution in [0.4, 0.5) is 17.5 Å². The smallest absolute Gasteiger partial charge is 0.225 e. The molecule has 4 heteroatoms. The van der Waals surface area contributed by atoms with E-state index >= 15 is 0 Å². The van der Waals surface area contributed by atoms with Gasteiger partial charge in [0, 0.05) is 23.4 Å². The van der Waals surface area contributed by atoms with Gasteiger partial charge in [-0.25, -0.2) is 4.98 Å². The Morgan fingerprint density at radius 2 is 1.58 bits per heavy atom. The molecule has 1 aromatic heterocycles. The molecule has 0 aliphatic carbocycles. The van der Waals surface area contributed by atoms with E-state index in [1.54, 1.807) is 0 Å². The average Bonchev–Trinajstić information content (AvgIpc) is 2.63. The van der Waals surface area contributed by atoms with Crippen LogP contribution in [0.25, 0.3) is 11.3 Å². The van der Waals surface area contributed by atoms with Gasteiger partial charge >= 0.3 is 0 Å². The fourth-order valence-electron chi connectivity index (χ4n) is 2.32. The summed E-state index contributed by atoms with van der Waals surface area (Å²) in [5.74, 6) is 1.42. The van der Waals surface area contributed by atoms with Crippen molar-refractivity contribution in [3.05, 3.63) is 66.7 Å². The van der Waals surface area contributed by atoms with Crippen LogP contribution in [0.1, 0.15) is 20.3 Å². The summed E-state index contributed by atoms with van der Waals surface area (Å²) >= 11 is 0. The molecule has 3 aromatic rings. The third kappa shape index (κ3) is 4.10. The van der Waals surface area contributed by atoms with Gasteiger partial charge in [0.2, 0.25) is 5.95 Å². The number of anilines is 3. The Balaban J connectivity index is 1.96. The first-order valence-electron chi connectivity index (χ1n) is 8.27. The van der Waals surface area contributed by atoms with Crippen molar-refractivity contribution in [1.82, 2.24) is 9.97 Å². The highest BCUT2D eigenvalue weighted by molar-refractivity contribution is 5.67. The van der Waals surface area contributed by atoms with E-state index in [9.17, 15) is 0 Å². The third-order valence-corrected chi connectivity index (χ3v) is 3.83. The lowest BCUT2D eigenvalue weighted by Crippen LogP contribution is -2.16. The highest BCUT2D eigenvalue weighted by atomic mass is 15.2. The lowest BCUT2D eigenvalue weighted by molar-refractivity contribution is 0.753. The number of benzene rings is 2. The number of para-hydroxylation sites is 1. The van der Waals surface area contributed by atoms with Crippen molar-refractivity contribution in [3.8, 4) is 11.3 Å². The quantitative estimate of drug-likeness (QED) is 0.664. The van der Waals surface area contributed by atoms with Crippen LogP contribution < -0.4 is 10.6 Å². The van der Waals surface area contributed by atoms with Gasteiger partial charge in [-0.3, -0.25) is 0 Å². The molecule has 122 valence electrons. The van der Waals surface area contributed by atoms with Crippen LogP contribution in [0.3, 0.4) is 0 Å². The Labute approximate surface area is 143 Å². The van der Waals surface area contributed by atoms with Crippen molar-refractivity contribution in [3.63, 3.8) is 0 Å². The van der Waals surface area contributed by atoms with E-state index in [1.165, 1.54) is 0 Å². The molecular weight excluding hydrogens is 296 g/mol. The van der Waals surface area contributed by atoms with E-state index < -0.39 is 0 Å². The summed E-state index contributed by atoms with van der Waals surface area (Å²) in [6.45, 7) is 4.27. The fourth-order valence-corrected chi connectivity index (χ4v) is 2.32. The minimum absolute atomic E-state index is 0.320. The van der Waals surface area contributed by atoms with Crippen LogP contribution in [0, 0.1) is 0 Å². The molecule has 2 N–H and O–H groups in total. The second kappa shape index (κ2) is 7.59. The SMILES string of the molecule is CCC(C)Nc1nc(Nc2ccccc2)cc(-c2ccccc2)n1. The number of hydrogen-bond donors (Lipinski definition) is 2. The second-order valence-electron chi connectivity index (χ2n) is 5.77. The van der Waals surface area contributed by atoms with Crippen LogP contribution >= 0.6 is 0 Å². The summed E-state index contributed by atoms with van der Waals surface area (Å²) in [5, 5.41) is 6.72. The van der Waals surface area contributed by atoms with Gasteiger partial charge in [0.05, 0.1) is 5.69 Å². The molecule has 0 saturated heterocycles.